The van der Waals surface area contributed by atoms with E-state index in [0.29, 0.717) is 6.61 Å². The Hall–Kier alpha value is -1.23. The largest absolute Gasteiger partial charge is 0.494 e. The van der Waals surface area contributed by atoms with Crippen molar-refractivity contribution in [3.63, 3.8) is 0 Å². The van der Waals surface area contributed by atoms with Crippen LogP contribution >= 0.6 is 0 Å². The molecule has 16 heavy (non-hydrogen) atoms. The number of aliphatic hydroxyl groups excluding tert-OH is 1. The van der Waals surface area contributed by atoms with Crippen molar-refractivity contribution in [1.82, 2.24) is 0 Å². The van der Waals surface area contributed by atoms with Gasteiger partial charge >= 0.3 is 6.18 Å². The van der Waals surface area contributed by atoms with Gasteiger partial charge in [0, 0.05) is 0 Å². The molecule has 1 rings (SSSR count). The summed E-state index contributed by atoms with van der Waals surface area (Å²) in [6.45, 7) is 1.60. The quantitative estimate of drug-likeness (QED) is 0.867. The molecule has 90 valence electrons. The van der Waals surface area contributed by atoms with Crippen molar-refractivity contribution in [3.8, 4) is 5.75 Å². The lowest BCUT2D eigenvalue weighted by molar-refractivity contribution is -0.138. The highest BCUT2D eigenvalue weighted by Gasteiger charge is 2.33. The molecule has 2 nitrogen and oxygen atoms in total. The molecule has 1 N–H and O–H groups in total. The van der Waals surface area contributed by atoms with Crippen LogP contribution in [0, 0.1) is 0 Å². The minimum atomic E-state index is -4.47. The molecule has 0 radical (unpaired) electrons. The van der Waals surface area contributed by atoms with E-state index in [0.717, 1.165) is 12.5 Å². The molecule has 0 aliphatic heterocycles. The third-order valence-electron chi connectivity index (χ3n) is 2.03. The standard InChI is InChI=1S/C11H13F3O2/c1-2-5-16-9-4-3-8(7-15)10(6-9)11(12,13)14/h3-4,6,15H,2,5,7H2,1H3. The maximum absolute atomic E-state index is 12.6. The number of ether oxygens (including phenoxy) is 1. The van der Waals surface area contributed by atoms with Crippen LogP contribution in [0.3, 0.4) is 0 Å². The smallest absolute Gasteiger partial charge is 0.416 e. The molecule has 0 saturated carbocycles. The number of alkyl halides is 3. The molecular weight excluding hydrogens is 221 g/mol. The van der Waals surface area contributed by atoms with Gasteiger partial charge in [-0.25, -0.2) is 0 Å². The molecule has 0 atom stereocenters. The van der Waals surface area contributed by atoms with Crippen LogP contribution in [0.5, 0.6) is 5.75 Å². The Balaban J connectivity index is 3.02. The average Bonchev–Trinajstić information content (AvgIpc) is 2.24. The number of halogens is 3. The predicted molar refractivity (Wildman–Crippen MR) is 53.2 cm³/mol. The van der Waals surface area contributed by atoms with E-state index in [1.807, 2.05) is 6.92 Å². The zero-order valence-corrected chi connectivity index (χ0v) is 8.84. The lowest BCUT2D eigenvalue weighted by atomic mass is 10.1. The molecule has 1 aromatic rings. The Morgan fingerprint density at radius 3 is 2.50 bits per heavy atom. The number of aliphatic hydroxyl groups is 1. The van der Waals surface area contributed by atoms with Crippen LogP contribution in [-0.4, -0.2) is 11.7 Å². The topological polar surface area (TPSA) is 29.5 Å². The van der Waals surface area contributed by atoms with E-state index in [9.17, 15) is 13.2 Å². The van der Waals surface area contributed by atoms with Crippen LogP contribution in [0.1, 0.15) is 24.5 Å². The zero-order chi connectivity index (χ0) is 12.2. The molecule has 0 amide bonds. The molecule has 1 aromatic carbocycles. The van der Waals surface area contributed by atoms with Crippen LogP contribution in [0.25, 0.3) is 0 Å². The van der Waals surface area contributed by atoms with E-state index in [2.05, 4.69) is 0 Å². The maximum Gasteiger partial charge on any atom is 0.416 e. The summed E-state index contributed by atoms with van der Waals surface area (Å²) in [5.41, 5.74) is -0.986. The average molecular weight is 234 g/mol. The van der Waals surface area contributed by atoms with Gasteiger partial charge in [-0.1, -0.05) is 13.0 Å². The lowest BCUT2D eigenvalue weighted by Crippen LogP contribution is -2.10. The van der Waals surface area contributed by atoms with Gasteiger partial charge in [0.15, 0.2) is 0 Å². The molecule has 0 saturated heterocycles. The number of benzene rings is 1. The van der Waals surface area contributed by atoms with Crippen molar-refractivity contribution in [2.45, 2.75) is 26.1 Å². The third kappa shape index (κ3) is 3.13. The summed E-state index contributed by atoms with van der Waals surface area (Å²) < 4.78 is 42.8. The normalized spacial score (nSPS) is 11.6. The van der Waals surface area contributed by atoms with E-state index in [4.69, 9.17) is 9.84 Å². The first-order valence-corrected chi connectivity index (χ1v) is 4.92. The van der Waals surface area contributed by atoms with Crippen LogP contribution in [0.15, 0.2) is 18.2 Å². The molecule has 0 bridgehead atoms. The summed E-state index contributed by atoms with van der Waals surface area (Å²) in [4.78, 5) is 0. The highest BCUT2D eigenvalue weighted by molar-refractivity contribution is 5.37. The number of hydrogen-bond acceptors (Lipinski definition) is 2. The van der Waals surface area contributed by atoms with E-state index < -0.39 is 18.3 Å². The van der Waals surface area contributed by atoms with Crippen molar-refractivity contribution in [2.75, 3.05) is 6.61 Å². The predicted octanol–water partition coefficient (Wildman–Crippen LogP) is 2.99. The fraction of sp³-hybridized carbons (Fsp3) is 0.455. The van der Waals surface area contributed by atoms with Crippen molar-refractivity contribution >= 4 is 0 Å². The van der Waals surface area contributed by atoms with Crippen LogP contribution in [0.4, 0.5) is 13.2 Å². The molecule has 0 heterocycles. The van der Waals surface area contributed by atoms with Crippen LogP contribution in [0.2, 0.25) is 0 Å². The Morgan fingerprint density at radius 1 is 1.31 bits per heavy atom. The van der Waals surface area contributed by atoms with Gasteiger partial charge in [-0.2, -0.15) is 13.2 Å². The van der Waals surface area contributed by atoms with Crippen LogP contribution in [-0.2, 0) is 12.8 Å². The summed E-state index contributed by atoms with van der Waals surface area (Å²) >= 11 is 0. The SMILES string of the molecule is CCCOc1ccc(CO)c(C(F)(F)F)c1. The first-order valence-electron chi connectivity index (χ1n) is 4.92. The van der Waals surface area contributed by atoms with Crippen molar-refractivity contribution < 1.29 is 23.0 Å². The summed E-state index contributed by atoms with van der Waals surface area (Å²) in [5, 5.41) is 8.81. The fourth-order valence-corrected chi connectivity index (χ4v) is 1.27. The first kappa shape index (κ1) is 12.8. The zero-order valence-electron chi connectivity index (χ0n) is 8.84. The van der Waals surface area contributed by atoms with Crippen molar-refractivity contribution in [1.29, 1.82) is 0 Å². The van der Waals surface area contributed by atoms with Crippen molar-refractivity contribution in [2.24, 2.45) is 0 Å². The second-order valence-corrected chi connectivity index (χ2v) is 3.32. The third-order valence-corrected chi connectivity index (χ3v) is 2.03. The van der Waals surface area contributed by atoms with Gasteiger partial charge in [0.2, 0.25) is 0 Å². The second-order valence-electron chi connectivity index (χ2n) is 3.32. The van der Waals surface area contributed by atoms with Gasteiger partial charge in [-0.15, -0.1) is 0 Å². The molecule has 0 aliphatic carbocycles. The van der Waals surface area contributed by atoms with Gasteiger partial charge < -0.3 is 9.84 Å². The monoisotopic (exact) mass is 234 g/mol. The van der Waals surface area contributed by atoms with E-state index in [1.165, 1.54) is 12.1 Å². The highest BCUT2D eigenvalue weighted by Crippen LogP contribution is 2.34. The van der Waals surface area contributed by atoms with Gasteiger partial charge in [-0.3, -0.25) is 0 Å². The van der Waals surface area contributed by atoms with Gasteiger partial charge in [-0.05, 0) is 24.1 Å². The molecule has 5 heteroatoms. The molecule has 0 fully saturated rings. The van der Waals surface area contributed by atoms with Crippen LogP contribution < -0.4 is 4.74 Å². The summed E-state index contributed by atoms with van der Waals surface area (Å²) in [6, 6.07) is 3.57. The number of hydrogen-bond donors (Lipinski definition) is 1. The number of rotatable bonds is 4. The molecule has 0 unspecified atom stereocenters. The first-order chi connectivity index (χ1) is 7.49. The Kier molecular flexibility index (Phi) is 4.18. The minimum Gasteiger partial charge on any atom is -0.494 e. The molecule has 0 aliphatic rings. The van der Waals surface area contributed by atoms with E-state index >= 15 is 0 Å². The summed E-state index contributed by atoms with van der Waals surface area (Å²) in [5.74, 6) is 0.173. The Morgan fingerprint density at radius 2 is 2.00 bits per heavy atom. The molecule has 0 aromatic heterocycles. The summed E-state index contributed by atoms with van der Waals surface area (Å²) in [6.07, 6.45) is -3.74. The Labute approximate surface area is 91.7 Å². The van der Waals surface area contributed by atoms with Gasteiger partial charge in [0.25, 0.3) is 0 Å². The lowest BCUT2D eigenvalue weighted by Gasteiger charge is -2.13. The molecule has 0 spiro atoms. The van der Waals surface area contributed by atoms with Gasteiger partial charge in [0.05, 0.1) is 18.8 Å². The molecular formula is C11H13F3O2. The van der Waals surface area contributed by atoms with E-state index in [-0.39, 0.29) is 11.3 Å². The second kappa shape index (κ2) is 5.21. The Bertz CT molecular complexity index is 348. The van der Waals surface area contributed by atoms with Gasteiger partial charge in [0.1, 0.15) is 5.75 Å². The maximum atomic E-state index is 12.6. The summed E-state index contributed by atoms with van der Waals surface area (Å²) in [7, 11) is 0. The van der Waals surface area contributed by atoms with Crippen molar-refractivity contribution in [3.05, 3.63) is 29.3 Å². The van der Waals surface area contributed by atoms with E-state index in [1.54, 1.807) is 0 Å². The minimum absolute atomic E-state index is 0.142. The fourth-order valence-electron chi connectivity index (χ4n) is 1.27. The highest BCUT2D eigenvalue weighted by atomic mass is 19.4.